The van der Waals surface area contributed by atoms with Gasteiger partial charge in [-0.3, -0.25) is 0 Å². The molecule has 4 nitrogen and oxygen atoms in total. The predicted molar refractivity (Wildman–Crippen MR) is 57.9 cm³/mol. The van der Waals surface area contributed by atoms with Gasteiger partial charge in [0.25, 0.3) is 0 Å². The van der Waals surface area contributed by atoms with Gasteiger partial charge in [0.05, 0.1) is 12.2 Å². The highest BCUT2D eigenvalue weighted by Gasteiger charge is 2.06. The van der Waals surface area contributed by atoms with Crippen LogP contribution in [-0.4, -0.2) is 19.2 Å². The smallest absolute Gasteiger partial charge is 0.344 e. The molecule has 0 heterocycles. The van der Waals surface area contributed by atoms with Crippen molar-refractivity contribution in [2.24, 2.45) is 0 Å². The van der Waals surface area contributed by atoms with Crippen LogP contribution in [0.2, 0.25) is 0 Å². The Morgan fingerprint density at radius 3 is 2.88 bits per heavy atom. The van der Waals surface area contributed by atoms with E-state index in [1.54, 1.807) is 24.3 Å². The van der Waals surface area contributed by atoms with Crippen molar-refractivity contribution in [2.45, 2.75) is 13.3 Å². The average molecular weight is 219 g/mol. The third kappa shape index (κ3) is 3.62. The number of rotatable bonds is 5. The summed E-state index contributed by atoms with van der Waals surface area (Å²) in [6, 6.07) is 8.74. The van der Waals surface area contributed by atoms with E-state index in [1.807, 2.05) is 13.0 Å². The largest absolute Gasteiger partial charge is 0.481 e. The molecule has 16 heavy (non-hydrogen) atoms. The highest BCUT2D eigenvalue weighted by Crippen LogP contribution is 2.16. The number of nitrogens with zero attached hydrogens (tertiary/aromatic N) is 1. The Bertz CT molecular complexity index is 395. The first kappa shape index (κ1) is 12.1. The van der Waals surface area contributed by atoms with Crippen LogP contribution >= 0.6 is 0 Å². The van der Waals surface area contributed by atoms with E-state index >= 15 is 0 Å². The van der Waals surface area contributed by atoms with Gasteiger partial charge in [-0.05, 0) is 18.6 Å². The number of benzene rings is 1. The van der Waals surface area contributed by atoms with Crippen LogP contribution in [-0.2, 0) is 9.53 Å². The second kappa shape index (κ2) is 6.46. The Morgan fingerprint density at radius 1 is 1.44 bits per heavy atom. The normalized spacial score (nSPS) is 9.25. The van der Waals surface area contributed by atoms with Crippen LogP contribution in [0.15, 0.2) is 24.3 Å². The maximum atomic E-state index is 11.1. The fraction of sp³-hybridized carbons (Fsp3) is 0.333. The summed E-state index contributed by atoms with van der Waals surface area (Å²) in [7, 11) is 0. The number of esters is 1. The van der Waals surface area contributed by atoms with Crippen molar-refractivity contribution in [3.05, 3.63) is 29.8 Å². The van der Waals surface area contributed by atoms with Crippen molar-refractivity contribution in [3.8, 4) is 11.8 Å². The molecule has 1 aromatic carbocycles. The third-order valence-electron chi connectivity index (χ3n) is 1.82. The van der Waals surface area contributed by atoms with Crippen molar-refractivity contribution < 1.29 is 14.3 Å². The zero-order valence-electron chi connectivity index (χ0n) is 9.10. The van der Waals surface area contributed by atoms with Crippen molar-refractivity contribution in [1.82, 2.24) is 0 Å². The van der Waals surface area contributed by atoms with E-state index in [9.17, 15) is 4.79 Å². The highest BCUT2D eigenvalue weighted by atomic mass is 16.6. The molecule has 0 unspecified atom stereocenters. The number of hydrogen-bond acceptors (Lipinski definition) is 4. The minimum absolute atomic E-state index is 0.168. The quantitative estimate of drug-likeness (QED) is 0.709. The summed E-state index contributed by atoms with van der Waals surface area (Å²) in [5.74, 6) is -0.0203. The van der Waals surface area contributed by atoms with Gasteiger partial charge >= 0.3 is 5.97 Å². The van der Waals surface area contributed by atoms with Gasteiger partial charge in [0.15, 0.2) is 6.61 Å². The Labute approximate surface area is 94.4 Å². The topological polar surface area (TPSA) is 59.3 Å². The van der Waals surface area contributed by atoms with Gasteiger partial charge in [0.2, 0.25) is 0 Å². The van der Waals surface area contributed by atoms with Crippen LogP contribution in [0.4, 0.5) is 0 Å². The van der Waals surface area contributed by atoms with Crippen LogP contribution in [0.5, 0.6) is 5.75 Å². The summed E-state index contributed by atoms with van der Waals surface area (Å²) in [6.07, 6.45) is 0.778. The lowest BCUT2D eigenvalue weighted by Crippen LogP contribution is -2.15. The van der Waals surface area contributed by atoms with Crippen LogP contribution < -0.4 is 4.74 Å². The Kier molecular flexibility index (Phi) is 4.87. The standard InChI is InChI=1S/C12H13NO3/c1-2-7-15-12(14)9-16-11-6-4-3-5-10(11)8-13/h3-6H,2,7,9H2,1H3. The molecule has 0 bridgehead atoms. The molecule has 0 aliphatic carbocycles. The van der Waals surface area contributed by atoms with E-state index in [0.29, 0.717) is 17.9 Å². The number of carbonyl (C=O) groups is 1. The monoisotopic (exact) mass is 219 g/mol. The molecule has 0 radical (unpaired) electrons. The minimum Gasteiger partial charge on any atom is -0.481 e. The van der Waals surface area contributed by atoms with E-state index in [0.717, 1.165) is 6.42 Å². The van der Waals surface area contributed by atoms with Crippen molar-refractivity contribution in [1.29, 1.82) is 5.26 Å². The van der Waals surface area contributed by atoms with E-state index in [2.05, 4.69) is 0 Å². The molecular formula is C12H13NO3. The van der Waals surface area contributed by atoms with E-state index in [4.69, 9.17) is 14.7 Å². The summed E-state index contributed by atoms with van der Waals surface area (Å²) in [4.78, 5) is 11.1. The second-order valence-corrected chi connectivity index (χ2v) is 3.12. The molecule has 1 rings (SSSR count). The number of nitriles is 1. The zero-order valence-corrected chi connectivity index (χ0v) is 9.10. The van der Waals surface area contributed by atoms with Gasteiger partial charge in [-0.15, -0.1) is 0 Å². The summed E-state index contributed by atoms with van der Waals surface area (Å²) in [5.41, 5.74) is 0.408. The van der Waals surface area contributed by atoms with Gasteiger partial charge in [0.1, 0.15) is 11.8 Å². The van der Waals surface area contributed by atoms with E-state index in [1.165, 1.54) is 0 Å². The van der Waals surface area contributed by atoms with Gasteiger partial charge in [-0.25, -0.2) is 4.79 Å². The molecule has 0 atom stereocenters. The zero-order chi connectivity index (χ0) is 11.8. The third-order valence-corrected chi connectivity index (χ3v) is 1.82. The van der Waals surface area contributed by atoms with Crippen molar-refractivity contribution >= 4 is 5.97 Å². The SMILES string of the molecule is CCCOC(=O)COc1ccccc1C#N. The average Bonchev–Trinajstić information content (AvgIpc) is 2.34. The fourth-order valence-corrected chi connectivity index (χ4v) is 1.08. The van der Waals surface area contributed by atoms with Gasteiger partial charge in [-0.2, -0.15) is 5.26 Å². The van der Waals surface area contributed by atoms with Crippen LogP contribution in [0, 0.1) is 11.3 Å². The van der Waals surface area contributed by atoms with E-state index in [-0.39, 0.29) is 6.61 Å². The number of carbonyl (C=O) groups excluding carboxylic acids is 1. The number of ether oxygens (including phenoxy) is 2. The molecule has 0 fully saturated rings. The first-order valence-corrected chi connectivity index (χ1v) is 5.05. The summed E-state index contributed by atoms with van der Waals surface area (Å²) >= 11 is 0. The first-order chi connectivity index (χ1) is 7.77. The Balaban J connectivity index is 2.48. The van der Waals surface area contributed by atoms with Gasteiger partial charge < -0.3 is 9.47 Å². The Morgan fingerprint density at radius 2 is 2.19 bits per heavy atom. The molecule has 0 aliphatic heterocycles. The van der Waals surface area contributed by atoms with Gasteiger partial charge in [-0.1, -0.05) is 19.1 Å². The molecule has 0 N–H and O–H groups in total. The van der Waals surface area contributed by atoms with Crippen molar-refractivity contribution in [2.75, 3.05) is 13.2 Å². The molecule has 0 saturated carbocycles. The molecule has 0 aromatic heterocycles. The predicted octanol–water partition coefficient (Wildman–Crippen LogP) is 1.89. The van der Waals surface area contributed by atoms with Crippen LogP contribution in [0.3, 0.4) is 0 Å². The lowest BCUT2D eigenvalue weighted by molar-refractivity contribution is -0.146. The number of hydrogen-bond donors (Lipinski definition) is 0. The molecule has 0 spiro atoms. The molecule has 0 aliphatic rings. The molecule has 4 heteroatoms. The Hall–Kier alpha value is -2.02. The molecule has 0 saturated heterocycles. The minimum atomic E-state index is -0.422. The maximum absolute atomic E-state index is 11.1. The molecular weight excluding hydrogens is 206 g/mol. The van der Waals surface area contributed by atoms with Crippen molar-refractivity contribution in [3.63, 3.8) is 0 Å². The fourth-order valence-electron chi connectivity index (χ4n) is 1.08. The first-order valence-electron chi connectivity index (χ1n) is 5.05. The summed E-state index contributed by atoms with van der Waals surface area (Å²) in [6.45, 7) is 2.14. The lowest BCUT2D eigenvalue weighted by Gasteiger charge is -2.07. The molecule has 84 valence electrons. The second-order valence-electron chi connectivity index (χ2n) is 3.12. The maximum Gasteiger partial charge on any atom is 0.344 e. The summed E-state index contributed by atoms with van der Waals surface area (Å²) < 4.78 is 10.0. The summed E-state index contributed by atoms with van der Waals surface area (Å²) in [5, 5.41) is 8.78. The van der Waals surface area contributed by atoms with Crippen LogP contribution in [0.25, 0.3) is 0 Å². The molecule has 1 aromatic rings. The van der Waals surface area contributed by atoms with Gasteiger partial charge in [0, 0.05) is 0 Å². The lowest BCUT2D eigenvalue weighted by atomic mass is 10.2. The highest BCUT2D eigenvalue weighted by molar-refractivity contribution is 5.71. The molecule has 0 amide bonds. The van der Waals surface area contributed by atoms with Crippen LogP contribution in [0.1, 0.15) is 18.9 Å². The van der Waals surface area contributed by atoms with E-state index < -0.39 is 5.97 Å². The number of para-hydroxylation sites is 1.